The molecule has 792 valence electrons. The van der Waals surface area contributed by atoms with Crippen molar-refractivity contribution in [3.8, 4) is 69.0 Å². The third-order valence-electron chi connectivity index (χ3n) is 26.6. The van der Waals surface area contributed by atoms with Crippen LogP contribution in [0, 0.1) is 68.9 Å². The van der Waals surface area contributed by atoms with Crippen molar-refractivity contribution in [3.63, 3.8) is 0 Å². The van der Waals surface area contributed by atoms with Crippen LogP contribution in [0.4, 0.5) is 0 Å². The molecule has 6 fully saturated rings. The van der Waals surface area contributed by atoms with Gasteiger partial charge >= 0.3 is 0 Å². The Morgan fingerprint density at radius 3 is 0.746 bits per heavy atom. The number of hydrogen-bond acceptors (Lipinski definition) is 24. The van der Waals surface area contributed by atoms with Crippen molar-refractivity contribution in [2.45, 2.75) is 298 Å². The van der Waals surface area contributed by atoms with E-state index in [1.807, 2.05) is 26.0 Å². The largest absolute Gasteiger partial charge is 0.493 e. The molecule has 12 aliphatic rings. The van der Waals surface area contributed by atoms with Crippen LogP contribution in [0.2, 0.25) is 0 Å². The molecule has 6 aromatic carbocycles. The standard InChI is InChI=1S/4C20H31NO3.2C19H29NO3/c4*1-20(2,3)11-14-12-21-7-6-13-8-18(23-4)19(24-5)9-15(13)16(21)10-17(14)22;2*1-12(2)7-14-11-20-6-5-13-8-18(22-3)19(23-4)9-15(13)16(20)10-17(14)21/h4*8-9,14,16-17,22H,6-7,10-12H2,1-5H3;2*8-9,12,14,16-17,21H,5-7,10-11H2,1-4H3/i2*1D3,2D3,5D3,10D2,11D2,14D,17D;2*1D3,2D3,10D2,11D2,14D,17D;4D3,10D2,14D,17D;16D. The second-order valence-electron chi connectivity index (χ2n) is 38.6. The monoisotopic (exact) mass is 2030 g/mol. The zero-order valence-corrected chi connectivity index (χ0v) is 83.7. The molecule has 6 saturated heterocycles. The number of hydrogen-bond donors (Lipinski definition) is 6. The van der Waals surface area contributed by atoms with E-state index in [0.717, 1.165) is 42.6 Å². The molecule has 6 N–H and O–H groups in total. The van der Waals surface area contributed by atoms with Crippen LogP contribution in [-0.4, -0.2) is 260 Å². The van der Waals surface area contributed by atoms with Gasteiger partial charge in [0, 0.05) is 179 Å². The van der Waals surface area contributed by atoms with Crippen molar-refractivity contribution >= 4 is 0 Å². The van der Waals surface area contributed by atoms with Crippen LogP contribution in [-0.2, 0) is 38.5 Å². The number of benzene rings is 6. The first-order valence-corrected chi connectivity index (χ1v) is 47.3. The molecule has 0 aliphatic carbocycles. The molecular weight excluding hydrogens is 1790 g/mol. The number of aliphatic hydroxyl groups excluding tert-OH is 1. The van der Waals surface area contributed by atoms with E-state index < -0.39 is 283 Å². The van der Waals surface area contributed by atoms with E-state index >= 15 is 0 Å². The minimum absolute atomic E-state index is 0.00681. The highest BCUT2D eigenvalue weighted by molar-refractivity contribution is 5.55. The Balaban J connectivity index is 0.000000197. The Kier molecular flexibility index (Phi) is 18.7. The summed E-state index contributed by atoms with van der Waals surface area (Å²) in [4.78, 5) is 9.22. The molecule has 0 radical (unpaired) electrons. The number of nitrogens with zero attached hydrogens (tertiary/aromatic N) is 6. The van der Waals surface area contributed by atoms with Gasteiger partial charge in [-0.05, 0) is 324 Å². The summed E-state index contributed by atoms with van der Waals surface area (Å²) in [6.07, 6.45) is -43.0. The van der Waals surface area contributed by atoms with Crippen molar-refractivity contribution < 1.29 is 172 Å². The van der Waals surface area contributed by atoms with Gasteiger partial charge in [-0.3, -0.25) is 29.4 Å². The summed E-state index contributed by atoms with van der Waals surface area (Å²) in [5.41, 5.74) is -6.65. The molecule has 0 aromatic heterocycles. The summed E-state index contributed by atoms with van der Waals surface area (Å²) < 4.78 is 574. The van der Waals surface area contributed by atoms with Gasteiger partial charge in [0.15, 0.2) is 69.0 Å². The second-order valence-corrected chi connectivity index (χ2v) is 38.6. The van der Waals surface area contributed by atoms with E-state index in [0.29, 0.717) is 128 Å². The predicted molar refractivity (Wildman–Crippen MR) is 565 cm³/mol. The van der Waals surface area contributed by atoms with Crippen molar-refractivity contribution in [2.75, 3.05) is 164 Å². The Morgan fingerprint density at radius 1 is 0.303 bits per heavy atom. The Labute approximate surface area is 939 Å². The van der Waals surface area contributed by atoms with Gasteiger partial charge in [-0.25, -0.2) is 0 Å². The number of rotatable bonds is 20. The Morgan fingerprint density at radius 2 is 0.514 bits per heavy atom. The van der Waals surface area contributed by atoms with Gasteiger partial charge in [0.25, 0.3) is 0 Å². The van der Waals surface area contributed by atoms with Gasteiger partial charge < -0.3 is 87.5 Å². The van der Waals surface area contributed by atoms with Crippen molar-refractivity contribution in [1.82, 2.24) is 29.4 Å². The molecule has 0 amide bonds. The highest BCUT2D eigenvalue weighted by atomic mass is 16.5. The molecule has 142 heavy (non-hydrogen) atoms. The van der Waals surface area contributed by atoms with E-state index in [1.54, 1.807) is 37.3 Å². The van der Waals surface area contributed by atoms with E-state index in [-0.39, 0.29) is 121 Å². The maximum absolute atomic E-state index is 11.4. The third kappa shape index (κ3) is 27.1. The molecule has 0 spiro atoms. The Bertz CT molecular complexity index is 7640. The smallest absolute Gasteiger partial charge is 0.161 e. The lowest BCUT2D eigenvalue weighted by Gasteiger charge is -2.47. The van der Waals surface area contributed by atoms with Crippen LogP contribution in [0.5, 0.6) is 69.0 Å². The molecule has 18 rings (SSSR count). The third-order valence-corrected chi connectivity index (χ3v) is 26.6. The molecule has 6 aromatic rings. The second kappa shape index (κ2) is 48.2. The summed E-state index contributed by atoms with van der Waals surface area (Å²) >= 11 is 0. The quantitative estimate of drug-likeness (QED) is 0.0415. The summed E-state index contributed by atoms with van der Waals surface area (Å²) in [6, 6.07) is 10.9. The minimum Gasteiger partial charge on any atom is -0.493 e. The highest BCUT2D eigenvalue weighted by Gasteiger charge is 2.48. The van der Waals surface area contributed by atoms with Gasteiger partial charge in [0.2, 0.25) is 0 Å². The van der Waals surface area contributed by atoms with Crippen LogP contribution in [0.15, 0.2) is 72.8 Å². The predicted octanol–water partition coefficient (Wildman–Crippen LogP) is 19.7. The lowest BCUT2D eigenvalue weighted by molar-refractivity contribution is -0.0259. The number of ether oxygens (including phenoxy) is 12. The molecule has 12 aliphatic heterocycles. The zero-order valence-electron chi connectivity index (χ0n) is 146. The maximum Gasteiger partial charge on any atom is 0.161 e. The summed E-state index contributed by atoms with van der Waals surface area (Å²) in [6.45, 7) is -18.6. The molecule has 0 saturated carbocycles. The van der Waals surface area contributed by atoms with Gasteiger partial charge in [-0.1, -0.05) is 110 Å². The minimum atomic E-state index is -3.69. The molecule has 24 heteroatoms. The van der Waals surface area contributed by atoms with E-state index in [9.17, 15) is 30.6 Å². The Hall–Kier alpha value is -7.56. The molecule has 18 unspecified atom stereocenters. The summed E-state index contributed by atoms with van der Waals surface area (Å²) in [5.74, 6) is -11.6. The topological polar surface area (TPSA) is 252 Å². The molecular formula is C118H182N6O18. The normalized spacial score (nSPS) is 42.7. The molecule has 18 atom stereocenters. The zero-order chi connectivity index (χ0) is 157. The first-order chi connectivity index (χ1) is 91.6. The van der Waals surface area contributed by atoms with E-state index in [4.69, 9.17) is 142 Å². The average molecular weight is 2040 g/mol. The molecule has 12 heterocycles. The lowest BCUT2D eigenvalue weighted by Crippen LogP contribution is -2.48. The van der Waals surface area contributed by atoms with Crippen LogP contribution in [0.25, 0.3) is 0 Å². The van der Waals surface area contributed by atoms with E-state index in [2.05, 4.69) is 18.7 Å². The number of piperidine rings is 6. The van der Waals surface area contributed by atoms with Crippen LogP contribution >= 0.6 is 0 Å². The SMILES string of the molecule is [2H]C([2H])([2H])C(C)(C([2H])([2H])[2H])C([2H])([2H])C1([2H])CN2CCc3cc(OC)c(OC)cc3C2C([2H])([2H])C1([2H])O.[2H]C([2H])([2H])C(C)(C([2H])([2H])[2H])C([2H])([2H])C1([2H])CN2CCc3cc(OC)c(OC)cc3C2C([2H])([2H])C1([2H])O.[2H]C([2H])([2H])Oc1cc2c(cc1OC)CCN1CC([2H])(C([2H])([2H])C(C)(C([2H])([2H])[2H])C([2H])([2H])[2H])C([2H])(O)C([2H])([2H])C21.[2H]C([2H])([2H])Oc1cc2c(cc1OC)CCN1CC([2H])(C([2H])([2H])C(C)(C([2H])([2H])[2H])C([2H])([2H])[2H])C([2H])(O)C([2H])([2H])C21.[2H]C([2H])([2H])Oc1cc2c(cc1OC)CCN1CC([2H])(CC(C)C)C([2H])(O)C([2H])([2H])C21.[2H]C12CC(O)C(CC(C)C)CN1CCc1cc(OC)c(OC)cc12. The average Bonchev–Trinajstić information content (AvgIpc) is 0.672. The van der Waals surface area contributed by atoms with E-state index in [1.165, 1.54) is 112 Å². The first kappa shape index (κ1) is 55.1. The maximum atomic E-state index is 11.4. The lowest BCUT2D eigenvalue weighted by atomic mass is 9.75. The summed E-state index contributed by atoms with van der Waals surface area (Å²) in [7, 11) is 4.31. The van der Waals surface area contributed by atoms with Crippen LogP contribution in [0.1, 0.15) is 375 Å². The van der Waals surface area contributed by atoms with Crippen molar-refractivity contribution in [3.05, 3.63) is 140 Å². The molecule has 24 nitrogen and oxygen atoms in total. The van der Waals surface area contributed by atoms with Crippen LogP contribution in [0.3, 0.4) is 0 Å². The number of fused-ring (bicyclic) bond motifs is 18. The molecule has 0 bridgehead atoms. The van der Waals surface area contributed by atoms with Gasteiger partial charge in [0.1, 0.15) is 0 Å². The van der Waals surface area contributed by atoms with Gasteiger partial charge in [-0.2, -0.15) is 0 Å². The van der Waals surface area contributed by atoms with Crippen molar-refractivity contribution in [2.24, 2.45) is 68.9 Å². The number of aliphatic hydroxyl groups is 6. The number of methoxy groups -OCH3 is 12. The fraction of sp³-hybridized carbons (Fsp3) is 0.695. The fourth-order valence-corrected chi connectivity index (χ4v) is 20.2. The summed E-state index contributed by atoms with van der Waals surface area (Å²) in [5, 5.41) is 67.2. The van der Waals surface area contributed by atoms with Gasteiger partial charge in [-0.15, -0.1) is 0 Å². The highest BCUT2D eigenvalue weighted by Crippen LogP contribution is 2.53. The first-order valence-electron chi connectivity index (χ1n) is 78.3. The van der Waals surface area contributed by atoms with Gasteiger partial charge in [0.05, 0.1) is 142 Å². The van der Waals surface area contributed by atoms with Crippen LogP contribution < -0.4 is 56.8 Å². The fourth-order valence-electron chi connectivity index (χ4n) is 20.2. The van der Waals surface area contributed by atoms with Crippen molar-refractivity contribution in [1.29, 1.82) is 0 Å².